The van der Waals surface area contributed by atoms with Crippen molar-refractivity contribution >= 4 is 17.6 Å². The summed E-state index contributed by atoms with van der Waals surface area (Å²) in [5.41, 5.74) is 3.66. The molecule has 0 spiro atoms. The number of aryl methyl sites for hydroxylation is 1. The van der Waals surface area contributed by atoms with Gasteiger partial charge in [-0.3, -0.25) is 19.5 Å². The maximum Gasteiger partial charge on any atom is 0.401 e. The fraction of sp³-hybridized carbons (Fsp3) is 0.594. The molecule has 2 heterocycles. The molecule has 0 aromatic heterocycles. The van der Waals surface area contributed by atoms with E-state index in [4.69, 9.17) is 11.6 Å². The minimum absolute atomic E-state index is 0.0374. The van der Waals surface area contributed by atoms with Crippen LogP contribution in [0.2, 0.25) is 5.02 Å². The molecule has 2 aliphatic heterocycles. The second-order valence-corrected chi connectivity index (χ2v) is 12.7. The van der Waals surface area contributed by atoms with Crippen LogP contribution in [0, 0.1) is 19.7 Å². The number of hydrogen-bond donors (Lipinski definition) is 1. The Balaban J connectivity index is 1.58. The quantitative estimate of drug-likeness (QED) is 0.314. The van der Waals surface area contributed by atoms with Crippen molar-refractivity contribution in [2.75, 3.05) is 66.5 Å². The number of carboxylic acids is 1. The predicted molar refractivity (Wildman–Crippen MR) is 161 cm³/mol. The average Bonchev–Trinajstić information content (AvgIpc) is 2.91. The van der Waals surface area contributed by atoms with Crippen LogP contribution < -0.4 is 0 Å². The summed E-state index contributed by atoms with van der Waals surface area (Å²) in [7, 11) is 3.88. The van der Waals surface area contributed by atoms with Gasteiger partial charge in [0.1, 0.15) is 11.9 Å². The fourth-order valence-electron chi connectivity index (χ4n) is 6.80. The predicted octanol–water partition coefficient (Wildman–Crippen LogP) is 6.27. The van der Waals surface area contributed by atoms with Gasteiger partial charge in [0.05, 0.1) is 6.54 Å². The third kappa shape index (κ3) is 8.69. The third-order valence-corrected chi connectivity index (χ3v) is 9.25. The number of hydrogen-bond acceptors (Lipinski definition) is 5. The number of piperazine rings is 1. The Labute approximate surface area is 257 Å². The van der Waals surface area contributed by atoms with E-state index in [0.717, 1.165) is 37.3 Å². The highest BCUT2D eigenvalue weighted by molar-refractivity contribution is 6.30. The molecule has 1 N–H and O–H groups in total. The molecule has 0 amide bonds. The van der Waals surface area contributed by atoms with E-state index in [1.165, 1.54) is 11.0 Å². The maximum absolute atomic E-state index is 14.9. The highest BCUT2D eigenvalue weighted by Gasteiger charge is 2.36. The SMILES string of the molecule is Cc1cc(Cl)cc([C@H](CCN(C)[C@@H](C(=O)O)c2ccc(F)c(C)c2C2CCN(CC(F)(F)F)CC2)N2CCN(C)CC2)c1. The van der Waals surface area contributed by atoms with E-state index in [1.807, 2.05) is 19.1 Å². The minimum atomic E-state index is -4.28. The first-order valence-corrected chi connectivity index (χ1v) is 15.3. The van der Waals surface area contributed by atoms with Crippen molar-refractivity contribution in [3.63, 3.8) is 0 Å². The van der Waals surface area contributed by atoms with Crippen molar-refractivity contribution < 1.29 is 27.5 Å². The number of alkyl halides is 3. The molecule has 0 aliphatic carbocycles. The van der Waals surface area contributed by atoms with Gasteiger partial charge in [0.2, 0.25) is 0 Å². The molecule has 2 saturated heterocycles. The van der Waals surface area contributed by atoms with Crippen LogP contribution in [-0.2, 0) is 4.79 Å². The number of benzene rings is 2. The van der Waals surface area contributed by atoms with Crippen molar-refractivity contribution in [2.45, 2.75) is 57.3 Å². The van der Waals surface area contributed by atoms with E-state index in [0.29, 0.717) is 47.5 Å². The van der Waals surface area contributed by atoms with Gasteiger partial charge in [0, 0.05) is 43.8 Å². The summed E-state index contributed by atoms with van der Waals surface area (Å²) >= 11 is 6.45. The van der Waals surface area contributed by atoms with Crippen molar-refractivity contribution in [1.82, 2.24) is 19.6 Å². The first kappa shape index (κ1) is 33.6. The molecule has 0 bridgehead atoms. The first-order chi connectivity index (χ1) is 20.2. The summed E-state index contributed by atoms with van der Waals surface area (Å²) in [5, 5.41) is 11.1. The van der Waals surface area contributed by atoms with E-state index < -0.39 is 30.5 Å². The van der Waals surface area contributed by atoms with Crippen molar-refractivity contribution in [1.29, 1.82) is 0 Å². The van der Waals surface area contributed by atoms with E-state index >= 15 is 0 Å². The van der Waals surface area contributed by atoms with Crippen LogP contribution >= 0.6 is 11.6 Å². The molecule has 0 saturated carbocycles. The van der Waals surface area contributed by atoms with Crippen molar-refractivity contribution in [2.24, 2.45) is 0 Å². The van der Waals surface area contributed by atoms with Crippen molar-refractivity contribution in [3.8, 4) is 0 Å². The molecule has 43 heavy (non-hydrogen) atoms. The standard InChI is InChI=1S/C32H43ClF4N4O2/c1-21-17-24(19-25(33)18-21)28(41-15-13-38(3)14-16-41)9-10-39(4)30(31(42)43)26-5-6-27(34)22(2)29(26)23-7-11-40(12-8-23)20-32(35,36)37/h5-6,17-19,23,28,30H,7-16,20H2,1-4H3,(H,42,43)/t28-,30+/m0/s1. The fourth-order valence-corrected chi connectivity index (χ4v) is 7.10. The lowest BCUT2D eigenvalue weighted by atomic mass is 9.81. The molecule has 11 heteroatoms. The van der Waals surface area contributed by atoms with Gasteiger partial charge in [-0.15, -0.1) is 0 Å². The van der Waals surface area contributed by atoms with Crippen LogP contribution in [0.4, 0.5) is 17.6 Å². The van der Waals surface area contributed by atoms with E-state index in [2.05, 4.69) is 22.9 Å². The van der Waals surface area contributed by atoms with E-state index in [9.17, 15) is 27.5 Å². The normalized spacial score (nSPS) is 19.6. The zero-order chi connectivity index (χ0) is 31.5. The lowest BCUT2D eigenvalue weighted by Crippen LogP contribution is -2.46. The maximum atomic E-state index is 14.9. The largest absolute Gasteiger partial charge is 0.480 e. The van der Waals surface area contributed by atoms with Gasteiger partial charge in [0.25, 0.3) is 0 Å². The highest BCUT2D eigenvalue weighted by atomic mass is 35.5. The summed E-state index contributed by atoms with van der Waals surface area (Å²) in [6, 6.07) is 7.90. The van der Waals surface area contributed by atoms with Crippen LogP contribution in [0.1, 0.15) is 65.1 Å². The molecule has 2 aromatic carbocycles. The molecule has 2 aliphatic rings. The molecule has 2 aromatic rings. The molecule has 4 rings (SSSR count). The zero-order valence-electron chi connectivity index (χ0n) is 25.4. The number of aliphatic carboxylic acids is 1. The number of nitrogens with zero attached hydrogens (tertiary/aromatic N) is 4. The van der Waals surface area contributed by atoms with Crippen LogP contribution in [0.3, 0.4) is 0 Å². The Hall–Kier alpha value is -2.24. The first-order valence-electron chi connectivity index (χ1n) is 14.9. The lowest BCUT2D eigenvalue weighted by Gasteiger charge is -2.39. The van der Waals surface area contributed by atoms with E-state index in [-0.39, 0.29) is 25.0 Å². The summed E-state index contributed by atoms with van der Waals surface area (Å²) < 4.78 is 53.8. The molecule has 6 nitrogen and oxygen atoms in total. The van der Waals surface area contributed by atoms with E-state index in [1.54, 1.807) is 24.9 Å². The number of likely N-dealkylation sites (N-methyl/N-ethyl adjacent to an activating group) is 2. The Bertz CT molecular complexity index is 1240. The number of carboxylic acid groups (broad SMARTS) is 1. The van der Waals surface area contributed by atoms with Gasteiger partial charge in [-0.1, -0.05) is 23.7 Å². The molecular formula is C32H43ClF4N4O2. The van der Waals surface area contributed by atoms with Gasteiger partial charge >= 0.3 is 12.1 Å². The van der Waals surface area contributed by atoms with Crippen LogP contribution in [-0.4, -0.2) is 103 Å². The Morgan fingerprint density at radius 1 is 1.07 bits per heavy atom. The molecule has 2 atom stereocenters. The molecule has 0 unspecified atom stereocenters. The molecule has 238 valence electrons. The number of piperidine rings is 1. The van der Waals surface area contributed by atoms with Gasteiger partial charge < -0.3 is 10.0 Å². The second-order valence-electron chi connectivity index (χ2n) is 12.3. The molecule has 0 radical (unpaired) electrons. The monoisotopic (exact) mass is 626 g/mol. The van der Waals surface area contributed by atoms with Gasteiger partial charge in [0.15, 0.2) is 0 Å². The third-order valence-electron chi connectivity index (χ3n) is 9.03. The highest BCUT2D eigenvalue weighted by Crippen LogP contribution is 2.39. The summed E-state index contributed by atoms with van der Waals surface area (Å²) in [4.78, 5) is 20.7. The molecule has 2 fully saturated rings. The summed E-state index contributed by atoms with van der Waals surface area (Å²) in [6.07, 6.45) is -2.81. The number of halogens is 5. The number of likely N-dealkylation sites (tertiary alicyclic amines) is 1. The smallest absolute Gasteiger partial charge is 0.401 e. The van der Waals surface area contributed by atoms with Crippen molar-refractivity contribution in [3.05, 3.63) is 69.0 Å². The summed E-state index contributed by atoms with van der Waals surface area (Å²) in [5.74, 6) is -1.70. The van der Waals surface area contributed by atoms with Gasteiger partial charge in [-0.2, -0.15) is 13.2 Å². The van der Waals surface area contributed by atoms with Gasteiger partial charge in [-0.25, -0.2) is 4.39 Å². The average molecular weight is 627 g/mol. The topological polar surface area (TPSA) is 50.3 Å². The Morgan fingerprint density at radius 2 is 1.72 bits per heavy atom. The van der Waals surface area contributed by atoms with Crippen LogP contribution in [0.15, 0.2) is 30.3 Å². The minimum Gasteiger partial charge on any atom is -0.480 e. The number of rotatable bonds is 10. The lowest BCUT2D eigenvalue weighted by molar-refractivity contribution is -0.148. The Morgan fingerprint density at radius 3 is 2.30 bits per heavy atom. The second kappa shape index (κ2) is 14.2. The number of carbonyl (C=O) groups is 1. The summed E-state index contributed by atoms with van der Waals surface area (Å²) in [6.45, 7) is 7.20. The zero-order valence-corrected chi connectivity index (χ0v) is 26.2. The van der Waals surface area contributed by atoms with Gasteiger partial charge in [-0.05, 0) is 112 Å². The van der Waals surface area contributed by atoms with Crippen LogP contribution in [0.5, 0.6) is 0 Å². The van der Waals surface area contributed by atoms with Crippen LogP contribution in [0.25, 0.3) is 0 Å². The molecular weight excluding hydrogens is 584 g/mol. The Kier molecular flexibility index (Phi) is 11.1.